The standard InChI is InChI=1S/C21H27N3O2/c1-4-12-24(14-18-8-6-5-7-9-18)15-20(25)23-21(26)22-19-11-10-16(2)13-17(19)3/h5-11,13H,4,12,14-15H2,1-3H3,(H2,22,23,25,26). The summed E-state index contributed by atoms with van der Waals surface area (Å²) in [5, 5.41) is 5.15. The quantitative estimate of drug-likeness (QED) is 0.794. The zero-order chi connectivity index (χ0) is 18.9. The predicted octanol–water partition coefficient (Wildman–Crippen LogP) is 3.86. The number of hydrogen-bond donors (Lipinski definition) is 2. The molecule has 0 aliphatic heterocycles. The van der Waals surface area contributed by atoms with E-state index >= 15 is 0 Å². The van der Waals surface area contributed by atoms with Crippen LogP contribution < -0.4 is 10.6 Å². The zero-order valence-corrected chi connectivity index (χ0v) is 15.7. The van der Waals surface area contributed by atoms with Crippen molar-refractivity contribution in [2.75, 3.05) is 18.4 Å². The summed E-state index contributed by atoms with van der Waals surface area (Å²) in [7, 11) is 0. The third kappa shape index (κ3) is 6.33. The second-order valence-corrected chi connectivity index (χ2v) is 6.52. The van der Waals surface area contributed by atoms with Gasteiger partial charge < -0.3 is 5.32 Å². The van der Waals surface area contributed by atoms with Gasteiger partial charge >= 0.3 is 6.03 Å². The van der Waals surface area contributed by atoms with Crippen molar-refractivity contribution in [2.45, 2.75) is 33.7 Å². The van der Waals surface area contributed by atoms with Crippen molar-refractivity contribution in [3.8, 4) is 0 Å². The van der Waals surface area contributed by atoms with Crippen LogP contribution in [0.15, 0.2) is 48.5 Å². The summed E-state index contributed by atoms with van der Waals surface area (Å²) in [6, 6.07) is 15.3. The van der Waals surface area contributed by atoms with E-state index in [1.807, 2.05) is 67.3 Å². The van der Waals surface area contributed by atoms with Crippen molar-refractivity contribution in [3.63, 3.8) is 0 Å². The number of amides is 3. The molecule has 0 fully saturated rings. The summed E-state index contributed by atoms with van der Waals surface area (Å²) in [6.07, 6.45) is 0.939. The van der Waals surface area contributed by atoms with Crippen LogP contribution >= 0.6 is 0 Å². The molecule has 0 aromatic heterocycles. The van der Waals surface area contributed by atoms with Crippen LogP contribution in [0, 0.1) is 13.8 Å². The highest BCUT2D eigenvalue weighted by Crippen LogP contribution is 2.15. The molecule has 26 heavy (non-hydrogen) atoms. The highest BCUT2D eigenvalue weighted by molar-refractivity contribution is 6.02. The SMILES string of the molecule is CCCN(CC(=O)NC(=O)Nc1ccc(C)cc1C)Cc1ccccc1. The van der Waals surface area contributed by atoms with Gasteiger partial charge in [-0.2, -0.15) is 0 Å². The molecule has 0 aliphatic rings. The summed E-state index contributed by atoms with van der Waals surface area (Å²) in [4.78, 5) is 26.4. The van der Waals surface area contributed by atoms with Gasteiger partial charge in [0.15, 0.2) is 0 Å². The first-order chi connectivity index (χ1) is 12.5. The van der Waals surface area contributed by atoms with Crippen LogP contribution in [0.1, 0.15) is 30.0 Å². The topological polar surface area (TPSA) is 61.4 Å². The fourth-order valence-corrected chi connectivity index (χ4v) is 2.85. The van der Waals surface area contributed by atoms with Gasteiger partial charge in [-0.25, -0.2) is 4.79 Å². The Morgan fingerprint density at radius 1 is 1.04 bits per heavy atom. The Morgan fingerprint density at radius 2 is 1.77 bits per heavy atom. The van der Waals surface area contributed by atoms with E-state index in [-0.39, 0.29) is 12.5 Å². The molecule has 3 amide bonds. The van der Waals surface area contributed by atoms with Gasteiger partial charge in [0.2, 0.25) is 5.91 Å². The summed E-state index contributed by atoms with van der Waals surface area (Å²) >= 11 is 0. The van der Waals surface area contributed by atoms with Gasteiger partial charge in [0.1, 0.15) is 0 Å². The van der Waals surface area contributed by atoms with E-state index in [0.29, 0.717) is 12.2 Å². The summed E-state index contributed by atoms with van der Waals surface area (Å²) in [5.74, 6) is -0.309. The molecule has 2 aromatic carbocycles. The molecular weight excluding hydrogens is 326 g/mol. The number of benzene rings is 2. The lowest BCUT2D eigenvalue weighted by molar-refractivity contribution is -0.121. The fourth-order valence-electron chi connectivity index (χ4n) is 2.85. The molecule has 0 aliphatic carbocycles. The molecule has 0 saturated heterocycles. The first-order valence-electron chi connectivity index (χ1n) is 8.92. The third-order valence-corrected chi connectivity index (χ3v) is 4.04. The third-order valence-electron chi connectivity index (χ3n) is 4.04. The molecule has 0 unspecified atom stereocenters. The van der Waals surface area contributed by atoms with Crippen molar-refractivity contribution >= 4 is 17.6 Å². The first kappa shape index (κ1) is 19.7. The number of rotatable bonds is 7. The maximum Gasteiger partial charge on any atom is 0.325 e. The largest absolute Gasteiger partial charge is 0.325 e. The molecule has 0 heterocycles. The number of carbonyl (C=O) groups excluding carboxylic acids is 2. The lowest BCUT2D eigenvalue weighted by Gasteiger charge is -2.21. The molecule has 0 spiro atoms. The first-order valence-corrected chi connectivity index (χ1v) is 8.92. The van der Waals surface area contributed by atoms with E-state index in [9.17, 15) is 9.59 Å². The van der Waals surface area contributed by atoms with Gasteiger partial charge in [0.25, 0.3) is 0 Å². The van der Waals surface area contributed by atoms with Gasteiger partial charge in [0.05, 0.1) is 6.54 Å². The van der Waals surface area contributed by atoms with Crippen LogP contribution in [0.5, 0.6) is 0 Å². The summed E-state index contributed by atoms with van der Waals surface area (Å²) < 4.78 is 0. The monoisotopic (exact) mass is 353 g/mol. The number of urea groups is 1. The van der Waals surface area contributed by atoms with Crippen molar-refractivity contribution in [1.29, 1.82) is 0 Å². The Hall–Kier alpha value is -2.66. The van der Waals surface area contributed by atoms with Gasteiger partial charge in [-0.15, -0.1) is 0 Å². The average Bonchev–Trinajstić information content (AvgIpc) is 2.58. The molecule has 0 radical (unpaired) electrons. The summed E-state index contributed by atoms with van der Waals surface area (Å²) in [6.45, 7) is 7.65. The predicted molar refractivity (Wildman–Crippen MR) is 105 cm³/mol. The van der Waals surface area contributed by atoms with Crippen molar-refractivity contribution in [1.82, 2.24) is 10.2 Å². The lowest BCUT2D eigenvalue weighted by Crippen LogP contribution is -2.42. The number of nitrogens with one attached hydrogen (secondary N) is 2. The highest BCUT2D eigenvalue weighted by atomic mass is 16.2. The van der Waals surface area contributed by atoms with Gasteiger partial charge in [-0.1, -0.05) is 55.0 Å². The van der Waals surface area contributed by atoms with E-state index in [0.717, 1.165) is 29.7 Å². The number of aryl methyl sites for hydroxylation is 2. The number of carbonyl (C=O) groups is 2. The van der Waals surface area contributed by atoms with Crippen LogP contribution in [0.4, 0.5) is 10.5 Å². The molecule has 2 aromatic rings. The molecule has 138 valence electrons. The number of nitrogens with zero attached hydrogens (tertiary/aromatic N) is 1. The van der Waals surface area contributed by atoms with Crippen molar-refractivity contribution in [3.05, 3.63) is 65.2 Å². The van der Waals surface area contributed by atoms with E-state index in [4.69, 9.17) is 0 Å². The molecular formula is C21H27N3O2. The average molecular weight is 353 g/mol. The lowest BCUT2D eigenvalue weighted by atomic mass is 10.1. The minimum atomic E-state index is -0.502. The van der Waals surface area contributed by atoms with Crippen LogP contribution in [-0.4, -0.2) is 29.9 Å². The zero-order valence-electron chi connectivity index (χ0n) is 15.7. The Labute approximate surface area is 155 Å². The maximum absolute atomic E-state index is 12.2. The Kier molecular flexibility index (Phi) is 7.36. The maximum atomic E-state index is 12.2. The van der Waals surface area contributed by atoms with Crippen LogP contribution in [0.2, 0.25) is 0 Å². The second kappa shape index (κ2) is 9.73. The molecule has 5 nitrogen and oxygen atoms in total. The fraction of sp³-hybridized carbons (Fsp3) is 0.333. The van der Waals surface area contributed by atoms with Gasteiger partial charge in [-0.05, 0) is 44.0 Å². The van der Waals surface area contributed by atoms with E-state index in [1.165, 1.54) is 0 Å². The van der Waals surface area contributed by atoms with Crippen molar-refractivity contribution < 1.29 is 9.59 Å². The van der Waals surface area contributed by atoms with Gasteiger partial charge in [0, 0.05) is 12.2 Å². The highest BCUT2D eigenvalue weighted by Gasteiger charge is 2.14. The number of hydrogen-bond acceptors (Lipinski definition) is 3. The second-order valence-electron chi connectivity index (χ2n) is 6.52. The smallest absolute Gasteiger partial charge is 0.307 e. The van der Waals surface area contributed by atoms with E-state index in [2.05, 4.69) is 17.6 Å². The molecule has 0 saturated carbocycles. The summed E-state index contributed by atoms with van der Waals surface area (Å²) in [5.41, 5.74) is 3.94. The van der Waals surface area contributed by atoms with E-state index < -0.39 is 6.03 Å². The minimum Gasteiger partial charge on any atom is -0.307 e. The Morgan fingerprint density at radius 3 is 2.42 bits per heavy atom. The minimum absolute atomic E-state index is 0.184. The van der Waals surface area contributed by atoms with Crippen LogP contribution in [0.3, 0.4) is 0 Å². The Balaban J connectivity index is 1.89. The molecule has 0 bridgehead atoms. The number of anilines is 1. The molecule has 2 N–H and O–H groups in total. The Bertz CT molecular complexity index is 744. The van der Waals surface area contributed by atoms with Crippen molar-refractivity contribution in [2.24, 2.45) is 0 Å². The normalized spacial score (nSPS) is 10.6. The van der Waals surface area contributed by atoms with E-state index in [1.54, 1.807) is 0 Å². The van der Waals surface area contributed by atoms with Gasteiger partial charge in [-0.3, -0.25) is 15.0 Å². The molecule has 0 atom stereocenters. The van der Waals surface area contributed by atoms with Crippen LogP contribution in [-0.2, 0) is 11.3 Å². The molecule has 2 rings (SSSR count). The van der Waals surface area contributed by atoms with Crippen LogP contribution in [0.25, 0.3) is 0 Å². The number of imide groups is 1. The molecule has 5 heteroatoms.